The summed E-state index contributed by atoms with van der Waals surface area (Å²) < 4.78 is 8.44. The third kappa shape index (κ3) is 2.08. The maximum Gasteiger partial charge on any atom is 0.223 e. The molecule has 0 radical (unpaired) electrons. The van der Waals surface area contributed by atoms with E-state index in [4.69, 9.17) is 18.8 Å². The fourth-order valence-corrected chi connectivity index (χ4v) is 3.28. The molecule has 0 bridgehead atoms. The van der Waals surface area contributed by atoms with Crippen molar-refractivity contribution in [3.63, 3.8) is 0 Å². The van der Waals surface area contributed by atoms with Crippen molar-refractivity contribution >= 4 is 34.5 Å². The van der Waals surface area contributed by atoms with Gasteiger partial charge in [0.15, 0.2) is 16.6 Å². The van der Waals surface area contributed by atoms with E-state index in [9.17, 15) is 4.79 Å². The van der Waals surface area contributed by atoms with Crippen molar-refractivity contribution in [3.8, 4) is 0 Å². The number of carbonyl (C=O) groups is 1. The van der Waals surface area contributed by atoms with Crippen molar-refractivity contribution < 1.29 is 9.90 Å². The fraction of sp³-hybridized carbons (Fsp3) is 0.429. The number of aromatic nitrogens is 4. The van der Waals surface area contributed by atoms with Crippen molar-refractivity contribution in [2.24, 2.45) is 11.8 Å². The number of hydrogen-bond donors (Lipinski definition) is 2. The van der Waals surface area contributed by atoms with Crippen LogP contribution in [-0.4, -0.2) is 38.4 Å². The molecule has 2 aromatic heterocycles. The molecule has 1 saturated carbocycles. The number of nitrogens with two attached hydrogens (primary N) is 1. The smallest absolute Gasteiger partial charge is 0.223 e. The third-order valence-electron chi connectivity index (χ3n) is 4.28. The number of nitrogen functional groups attached to an aromatic ring is 1. The molecule has 1 fully saturated rings. The lowest BCUT2D eigenvalue weighted by atomic mass is 9.93. The summed E-state index contributed by atoms with van der Waals surface area (Å²) in [7, 11) is 0. The number of carbonyl (C=O) groups excluding carboxylic acids is 1. The molecule has 7 nitrogen and oxygen atoms in total. The second-order valence-electron chi connectivity index (χ2n) is 5.46. The highest BCUT2D eigenvalue weighted by Crippen LogP contribution is 2.42. The zero-order valence-electron chi connectivity index (χ0n) is 13.0. The number of imidazole rings is 1. The van der Waals surface area contributed by atoms with Crippen LogP contribution in [0.25, 0.3) is 11.2 Å². The van der Waals surface area contributed by atoms with Gasteiger partial charge in [-0.2, -0.15) is 9.97 Å². The first-order valence-corrected chi connectivity index (χ1v) is 7.29. The number of hydrogen-bond acceptors (Lipinski definition) is 6. The molecule has 0 spiro atoms. The molecule has 3 atom stereocenters. The lowest BCUT2D eigenvalue weighted by molar-refractivity contribution is -0.123. The fourth-order valence-electron chi connectivity index (χ4n) is 3.06. The first kappa shape index (κ1) is 13.7. The normalized spacial score (nSPS) is 25.9. The van der Waals surface area contributed by atoms with E-state index in [1.165, 1.54) is 6.33 Å². The monoisotopic (exact) mass is 323 g/mol. The molecule has 1 aliphatic carbocycles. The quantitative estimate of drug-likeness (QED) is 0.650. The topological polar surface area (TPSA) is 107 Å². The van der Waals surface area contributed by atoms with E-state index in [1.807, 2.05) is 6.92 Å². The van der Waals surface area contributed by atoms with Crippen molar-refractivity contribution in [2.75, 3.05) is 12.3 Å². The molecule has 0 aliphatic heterocycles. The Hall–Kier alpha value is -1.99. The van der Waals surface area contributed by atoms with Crippen LogP contribution in [0.2, 0.25) is 5.15 Å². The minimum absolute atomic E-state index is 0.00663. The maximum absolute atomic E-state index is 12.8. The summed E-state index contributed by atoms with van der Waals surface area (Å²) in [4.78, 5) is 25.0. The molecule has 0 amide bonds. The number of fused-ring (bicyclic) bond motifs is 1. The van der Waals surface area contributed by atoms with Crippen LogP contribution < -0.4 is 5.73 Å². The molecule has 0 saturated heterocycles. The van der Waals surface area contributed by atoms with E-state index >= 15 is 0 Å². The van der Waals surface area contributed by atoms with Gasteiger partial charge in [-0.1, -0.05) is 25.1 Å². The molecule has 0 aromatic carbocycles. The largest absolute Gasteiger partial charge is 0.396 e. The number of halogens is 1. The molecule has 1 aliphatic rings. The van der Waals surface area contributed by atoms with Gasteiger partial charge in [-0.15, -0.1) is 0 Å². The van der Waals surface area contributed by atoms with Crippen molar-refractivity contribution in [1.29, 1.82) is 1.43 Å². The average Bonchev–Trinajstić information content (AvgIpc) is 2.99. The molecule has 2 aromatic rings. The van der Waals surface area contributed by atoms with E-state index < -0.39 is 6.04 Å². The van der Waals surface area contributed by atoms with Crippen molar-refractivity contribution in [3.05, 3.63) is 23.6 Å². The minimum atomic E-state index is -0.573. The number of aliphatic hydroxyl groups is 1. The zero-order valence-corrected chi connectivity index (χ0v) is 12.7. The first-order chi connectivity index (χ1) is 11.0. The second kappa shape index (κ2) is 5.33. The SMILES string of the molecule is [3H]OCC[C@H]1C(=O)[C@H](n2cnc3c(Cl)nc(N)nc32)C(=C)[C@@H]1C. The Kier molecular flexibility index (Phi) is 3.31. The summed E-state index contributed by atoms with van der Waals surface area (Å²) in [5.74, 6) is -0.237. The third-order valence-corrected chi connectivity index (χ3v) is 4.54. The molecule has 3 N–H and O–H groups in total. The van der Waals surface area contributed by atoms with Crippen molar-refractivity contribution in [2.45, 2.75) is 19.4 Å². The molecule has 0 unspecified atom stereocenters. The molecule has 3 rings (SSSR count). The second-order valence-corrected chi connectivity index (χ2v) is 5.82. The number of allylic oxidation sites excluding steroid dienone is 1. The van der Waals surface area contributed by atoms with Gasteiger partial charge in [0.2, 0.25) is 7.38 Å². The van der Waals surface area contributed by atoms with Gasteiger partial charge in [0.05, 0.1) is 6.33 Å². The maximum atomic E-state index is 12.8. The number of Topliss-reactive ketones (excluding diaryl/α,β-unsaturated/α-hetero) is 1. The van der Waals surface area contributed by atoms with Crippen LogP contribution >= 0.6 is 11.6 Å². The van der Waals surface area contributed by atoms with E-state index in [2.05, 4.69) is 26.6 Å². The molecule has 2 heterocycles. The Morgan fingerprint density at radius 2 is 2.36 bits per heavy atom. The standard InChI is InChI=1S/C14H16ClN5O2/c1-6-7(2)10(11(22)8(6)3-4-21)20-5-17-9-12(15)18-14(16)19-13(9)20/h5-6,8,10,21H,2-4H2,1H3,(H2,16,18,19)/t6-,8+,10+/m0/s1/i21T. The van der Waals surface area contributed by atoms with Crippen LogP contribution in [0.3, 0.4) is 0 Å². The Morgan fingerprint density at radius 1 is 1.59 bits per heavy atom. The van der Waals surface area contributed by atoms with E-state index in [1.54, 1.807) is 4.57 Å². The van der Waals surface area contributed by atoms with Crippen LogP contribution in [-0.2, 0) is 4.79 Å². The molecule has 8 heteroatoms. The van der Waals surface area contributed by atoms with Crippen LogP contribution in [0.15, 0.2) is 18.5 Å². The summed E-state index contributed by atoms with van der Waals surface area (Å²) in [6.45, 7) is 6.22. The van der Waals surface area contributed by atoms with Crippen LogP contribution in [0.4, 0.5) is 5.95 Å². The van der Waals surface area contributed by atoms with Gasteiger partial charge < -0.3 is 15.4 Å². The number of nitrogens with zero attached hydrogens (tertiary/aromatic N) is 4. The predicted octanol–water partition coefficient (Wildman–Crippen LogP) is 1.38. The zero-order chi connectivity index (χ0) is 16.7. The molecule has 22 heavy (non-hydrogen) atoms. The van der Waals surface area contributed by atoms with Gasteiger partial charge in [0.1, 0.15) is 11.6 Å². The number of rotatable bonds is 4. The van der Waals surface area contributed by atoms with E-state index in [-0.39, 0.29) is 35.3 Å². The van der Waals surface area contributed by atoms with Gasteiger partial charge in [-0.25, -0.2) is 4.98 Å². The predicted molar refractivity (Wildman–Crippen MR) is 82.3 cm³/mol. The van der Waals surface area contributed by atoms with Gasteiger partial charge in [0, 0.05) is 12.5 Å². The van der Waals surface area contributed by atoms with Crippen LogP contribution in [0, 0.1) is 11.8 Å². The lowest BCUT2D eigenvalue weighted by Crippen LogP contribution is -2.20. The summed E-state index contributed by atoms with van der Waals surface area (Å²) in [6, 6.07) is -0.573. The Bertz CT molecular complexity index is 793. The molecular formula is C14H16ClN5O2. The van der Waals surface area contributed by atoms with Crippen LogP contribution in [0.1, 0.15) is 19.4 Å². The van der Waals surface area contributed by atoms with Gasteiger partial charge >= 0.3 is 0 Å². The number of anilines is 1. The highest BCUT2D eigenvalue weighted by atomic mass is 35.5. The summed E-state index contributed by atoms with van der Waals surface area (Å²) in [5.41, 5.74) is 7.23. The van der Waals surface area contributed by atoms with E-state index in [0.29, 0.717) is 17.6 Å². The Morgan fingerprint density at radius 3 is 3.09 bits per heavy atom. The summed E-state index contributed by atoms with van der Waals surface area (Å²) in [5, 5.41) is 4.51. The van der Waals surface area contributed by atoms with Gasteiger partial charge in [-0.3, -0.25) is 4.79 Å². The van der Waals surface area contributed by atoms with Gasteiger partial charge in [-0.05, 0) is 17.9 Å². The summed E-state index contributed by atoms with van der Waals surface area (Å²) >= 11 is 6.03. The number of ketones is 1. The molecule has 116 valence electrons. The average molecular weight is 324 g/mol. The van der Waals surface area contributed by atoms with Crippen molar-refractivity contribution in [1.82, 2.24) is 19.5 Å². The summed E-state index contributed by atoms with van der Waals surface area (Å²) in [6.07, 6.45) is 1.98. The molecular weight excluding hydrogens is 306 g/mol. The van der Waals surface area contributed by atoms with Gasteiger partial charge in [0.25, 0.3) is 0 Å². The lowest BCUT2D eigenvalue weighted by Gasteiger charge is -2.13. The highest BCUT2D eigenvalue weighted by molar-refractivity contribution is 6.33. The van der Waals surface area contributed by atoms with E-state index in [0.717, 1.165) is 5.57 Å². The minimum Gasteiger partial charge on any atom is -0.396 e. The first-order valence-electron chi connectivity index (χ1n) is 7.32. The Balaban J connectivity index is 2.05. The van der Waals surface area contributed by atoms with Crippen LogP contribution in [0.5, 0.6) is 0 Å². The highest BCUT2D eigenvalue weighted by Gasteiger charge is 2.43. The Labute approximate surface area is 133 Å². The number of aliphatic hydroxyl groups excluding tert-OH is 1.